The molecule has 0 aliphatic carbocycles. The van der Waals surface area contributed by atoms with Gasteiger partial charge in [-0.25, -0.2) is 0 Å². The number of nitrogens with one attached hydrogen (secondary N) is 2. The number of allylic oxidation sites excluding steroid dienone is 1. The summed E-state index contributed by atoms with van der Waals surface area (Å²) in [6.45, 7) is 9.71. The standard InChI is InChI=1S/C14H26N2O2/c1-7-8-11(9(2)3)13(17)16-12(10(4)5)14(18)15-6/h7-12H,1-6H3,(H,15,18)(H,16,17)/t11-,12-/m0/s1. The van der Waals surface area contributed by atoms with Crippen LogP contribution in [0.1, 0.15) is 34.6 Å². The van der Waals surface area contributed by atoms with E-state index in [0.717, 1.165) is 0 Å². The van der Waals surface area contributed by atoms with Crippen molar-refractivity contribution in [1.29, 1.82) is 0 Å². The summed E-state index contributed by atoms with van der Waals surface area (Å²) in [5.74, 6) is -0.168. The van der Waals surface area contributed by atoms with Crippen molar-refractivity contribution in [3.8, 4) is 0 Å². The van der Waals surface area contributed by atoms with Crippen molar-refractivity contribution < 1.29 is 9.59 Å². The molecule has 0 aromatic rings. The Kier molecular flexibility index (Phi) is 7.32. The Morgan fingerprint density at radius 2 is 1.56 bits per heavy atom. The van der Waals surface area contributed by atoms with E-state index in [9.17, 15) is 9.59 Å². The molecule has 4 heteroatoms. The number of carbonyl (C=O) groups is 2. The molecule has 2 amide bonds. The van der Waals surface area contributed by atoms with E-state index in [0.29, 0.717) is 0 Å². The van der Waals surface area contributed by atoms with Crippen LogP contribution < -0.4 is 10.6 Å². The molecule has 0 aromatic carbocycles. The number of carbonyl (C=O) groups excluding carboxylic acids is 2. The Labute approximate surface area is 110 Å². The lowest BCUT2D eigenvalue weighted by atomic mass is 9.93. The first-order valence-electron chi connectivity index (χ1n) is 6.49. The Balaban J connectivity index is 4.82. The Morgan fingerprint density at radius 1 is 1.00 bits per heavy atom. The molecule has 104 valence electrons. The average molecular weight is 254 g/mol. The minimum atomic E-state index is -0.478. The van der Waals surface area contributed by atoms with Crippen molar-refractivity contribution in [3.63, 3.8) is 0 Å². The van der Waals surface area contributed by atoms with Gasteiger partial charge in [0.05, 0.1) is 5.92 Å². The van der Waals surface area contributed by atoms with Gasteiger partial charge in [-0.15, -0.1) is 0 Å². The highest BCUT2D eigenvalue weighted by Gasteiger charge is 2.27. The van der Waals surface area contributed by atoms with Gasteiger partial charge in [-0.2, -0.15) is 0 Å². The van der Waals surface area contributed by atoms with Crippen LogP contribution in [0.5, 0.6) is 0 Å². The predicted molar refractivity (Wildman–Crippen MR) is 74.0 cm³/mol. The maximum absolute atomic E-state index is 12.2. The summed E-state index contributed by atoms with van der Waals surface area (Å²) < 4.78 is 0. The second-order valence-electron chi connectivity index (χ2n) is 5.14. The van der Waals surface area contributed by atoms with Gasteiger partial charge in [-0.05, 0) is 18.8 Å². The van der Waals surface area contributed by atoms with Crippen molar-refractivity contribution >= 4 is 11.8 Å². The SMILES string of the molecule is CC=C[C@H](C(=O)N[C@H](C(=O)NC)C(C)C)C(C)C. The van der Waals surface area contributed by atoms with Crippen LogP contribution in [-0.2, 0) is 9.59 Å². The van der Waals surface area contributed by atoms with Gasteiger partial charge in [0.2, 0.25) is 11.8 Å². The molecule has 0 rings (SSSR count). The average Bonchev–Trinajstić information content (AvgIpc) is 2.30. The van der Waals surface area contributed by atoms with Crippen LogP contribution >= 0.6 is 0 Å². The van der Waals surface area contributed by atoms with Gasteiger partial charge >= 0.3 is 0 Å². The number of rotatable bonds is 6. The van der Waals surface area contributed by atoms with Crippen molar-refractivity contribution in [2.75, 3.05) is 7.05 Å². The van der Waals surface area contributed by atoms with Gasteiger partial charge in [-0.3, -0.25) is 9.59 Å². The maximum Gasteiger partial charge on any atom is 0.242 e. The van der Waals surface area contributed by atoms with E-state index in [1.165, 1.54) is 0 Å². The predicted octanol–water partition coefficient (Wildman–Crippen LogP) is 1.72. The van der Waals surface area contributed by atoms with E-state index >= 15 is 0 Å². The van der Waals surface area contributed by atoms with Crippen molar-refractivity contribution in [3.05, 3.63) is 12.2 Å². The molecule has 0 saturated heterocycles. The number of amides is 2. The zero-order chi connectivity index (χ0) is 14.3. The normalized spacial score (nSPS) is 14.9. The first kappa shape index (κ1) is 16.7. The summed E-state index contributed by atoms with van der Waals surface area (Å²) >= 11 is 0. The van der Waals surface area contributed by atoms with E-state index in [1.54, 1.807) is 7.05 Å². The van der Waals surface area contributed by atoms with Gasteiger partial charge in [0.25, 0.3) is 0 Å². The first-order valence-corrected chi connectivity index (χ1v) is 6.49. The molecule has 0 radical (unpaired) electrons. The van der Waals surface area contributed by atoms with Gasteiger partial charge in [0.1, 0.15) is 6.04 Å². The highest BCUT2D eigenvalue weighted by molar-refractivity contribution is 5.89. The first-order chi connectivity index (χ1) is 8.34. The molecule has 0 saturated carbocycles. The molecule has 0 fully saturated rings. The smallest absolute Gasteiger partial charge is 0.242 e. The third-order valence-corrected chi connectivity index (χ3v) is 2.91. The molecule has 0 heterocycles. The number of hydrogen-bond donors (Lipinski definition) is 2. The van der Waals surface area contributed by atoms with Gasteiger partial charge in [0.15, 0.2) is 0 Å². The van der Waals surface area contributed by atoms with Crippen LogP contribution in [0, 0.1) is 17.8 Å². The molecule has 0 aliphatic rings. The molecular formula is C14H26N2O2. The fourth-order valence-corrected chi connectivity index (χ4v) is 1.76. The quantitative estimate of drug-likeness (QED) is 0.709. The van der Waals surface area contributed by atoms with Crippen LogP contribution in [0.4, 0.5) is 0 Å². The van der Waals surface area contributed by atoms with E-state index in [2.05, 4.69) is 10.6 Å². The van der Waals surface area contributed by atoms with Crippen LogP contribution in [0.2, 0.25) is 0 Å². The van der Waals surface area contributed by atoms with E-state index in [-0.39, 0.29) is 29.6 Å². The van der Waals surface area contributed by atoms with Gasteiger partial charge in [0, 0.05) is 7.05 Å². The molecule has 0 bridgehead atoms. The fraction of sp³-hybridized carbons (Fsp3) is 0.714. The third kappa shape index (κ3) is 4.90. The molecule has 0 aromatic heterocycles. The topological polar surface area (TPSA) is 58.2 Å². The summed E-state index contributed by atoms with van der Waals surface area (Å²) in [4.78, 5) is 23.9. The van der Waals surface area contributed by atoms with Gasteiger partial charge < -0.3 is 10.6 Å². The number of likely N-dealkylation sites (N-methyl/N-ethyl adjacent to an activating group) is 1. The van der Waals surface area contributed by atoms with E-state index < -0.39 is 6.04 Å². The molecule has 2 N–H and O–H groups in total. The molecular weight excluding hydrogens is 228 g/mol. The van der Waals surface area contributed by atoms with Crippen molar-refractivity contribution in [2.45, 2.75) is 40.7 Å². The van der Waals surface area contributed by atoms with E-state index in [4.69, 9.17) is 0 Å². The second kappa shape index (κ2) is 7.90. The summed E-state index contributed by atoms with van der Waals surface area (Å²) in [6.07, 6.45) is 3.75. The zero-order valence-electron chi connectivity index (χ0n) is 12.3. The van der Waals surface area contributed by atoms with Crippen LogP contribution in [0.25, 0.3) is 0 Å². The fourth-order valence-electron chi connectivity index (χ4n) is 1.76. The molecule has 0 unspecified atom stereocenters. The summed E-state index contributed by atoms with van der Waals surface area (Å²) in [5, 5.41) is 5.41. The van der Waals surface area contributed by atoms with Crippen LogP contribution in [-0.4, -0.2) is 24.9 Å². The van der Waals surface area contributed by atoms with E-state index in [1.807, 2.05) is 46.8 Å². The molecule has 2 atom stereocenters. The Hall–Kier alpha value is -1.32. The third-order valence-electron chi connectivity index (χ3n) is 2.91. The maximum atomic E-state index is 12.2. The lowest BCUT2D eigenvalue weighted by molar-refractivity contribution is -0.131. The molecule has 4 nitrogen and oxygen atoms in total. The largest absolute Gasteiger partial charge is 0.357 e. The Bertz CT molecular complexity index is 309. The minimum Gasteiger partial charge on any atom is -0.357 e. The summed E-state index contributed by atoms with van der Waals surface area (Å²) in [6, 6.07) is -0.478. The number of hydrogen-bond acceptors (Lipinski definition) is 2. The van der Waals surface area contributed by atoms with Crippen LogP contribution in [0.3, 0.4) is 0 Å². The molecule has 0 spiro atoms. The molecule has 0 aliphatic heterocycles. The van der Waals surface area contributed by atoms with Crippen molar-refractivity contribution in [1.82, 2.24) is 10.6 Å². The summed E-state index contributed by atoms with van der Waals surface area (Å²) in [5.41, 5.74) is 0. The lowest BCUT2D eigenvalue weighted by Crippen LogP contribution is -2.50. The zero-order valence-corrected chi connectivity index (χ0v) is 12.3. The van der Waals surface area contributed by atoms with Crippen LogP contribution in [0.15, 0.2) is 12.2 Å². The highest BCUT2D eigenvalue weighted by Crippen LogP contribution is 2.14. The molecule has 18 heavy (non-hydrogen) atoms. The monoisotopic (exact) mass is 254 g/mol. The van der Waals surface area contributed by atoms with Crippen molar-refractivity contribution in [2.24, 2.45) is 17.8 Å². The Morgan fingerprint density at radius 3 is 1.89 bits per heavy atom. The van der Waals surface area contributed by atoms with Gasteiger partial charge in [-0.1, -0.05) is 39.8 Å². The summed E-state index contributed by atoms with van der Waals surface area (Å²) in [7, 11) is 1.58. The lowest BCUT2D eigenvalue weighted by Gasteiger charge is -2.24. The minimum absolute atomic E-state index is 0.0623. The highest BCUT2D eigenvalue weighted by atomic mass is 16.2. The second-order valence-corrected chi connectivity index (χ2v) is 5.14.